The molecule has 4 aliphatic rings. The van der Waals surface area contributed by atoms with E-state index < -0.39 is 52.1 Å². The number of ether oxygens (including phenoxy) is 3. The van der Waals surface area contributed by atoms with Crippen LogP contribution in [0.1, 0.15) is 38.7 Å². The minimum absolute atomic E-state index is 0.00638. The second kappa shape index (κ2) is 6.77. The Balaban J connectivity index is 1.60. The van der Waals surface area contributed by atoms with Crippen molar-refractivity contribution in [1.82, 2.24) is 0 Å². The third-order valence-electron chi connectivity index (χ3n) is 8.57. The fourth-order valence-corrected chi connectivity index (χ4v) is 7.34. The summed E-state index contributed by atoms with van der Waals surface area (Å²) in [5.74, 6) is -2.66. The lowest BCUT2D eigenvalue weighted by atomic mass is 9.44. The van der Waals surface area contributed by atoms with E-state index >= 15 is 0 Å². The van der Waals surface area contributed by atoms with Crippen LogP contribution in [0.3, 0.4) is 0 Å². The van der Waals surface area contributed by atoms with Crippen LogP contribution in [0.15, 0.2) is 28.7 Å². The highest BCUT2D eigenvalue weighted by molar-refractivity contribution is 9.10. The molecule has 2 bridgehead atoms. The van der Waals surface area contributed by atoms with Crippen LogP contribution in [0.5, 0.6) is 0 Å². The average molecular weight is 509 g/mol. The summed E-state index contributed by atoms with van der Waals surface area (Å²) in [6.07, 6.45) is -2.03. The molecule has 32 heavy (non-hydrogen) atoms. The van der Waals surface area contributed by atoms with Crippen molar-refractivity contribution >= 4 is 33.8 Å². The second-order valence-electron chi connectivity index (χ2n) is 9.80. The van der Waals surface area contributed by atoms with Gasteiger partial charge in [0, 0.05) is 16.3 Å². The molecule has 9 heteroatoms. The lowest BCUT2D eigenvalue weighted by Crippen LogP contribution is -2.81. The third kappa shape index (κ3) is 2.37. The molecule has 2 N–H and O–H groups in total. The number of aliphatic hydroxyl groups is 2. The molecule has 172 valence electrons. The first kappa shape index (κ1) is 21.9. The van der Waals surface area contributed by atoms with Crippen molar-refractivity contribution in [3.63, 3.8) is 0 Å². The van der Waals surface area contributed by atoms with Crippen molar-refractivity contribution in [1.29, 1.82) is 0 Å². The number of esters is 3. The van der Waals surface area contributed by atoms with E-state index in [2.05, 4.69) is 15.9 Å². The maximum atomic E-state index is 13.2. The van der Waals surface area contributed by atoms with E-state index in [1.807, 2.05) is 13.0 Å². The number of rotatable bonds is 3. The quantitative estimate of drug-likeness (QED) is 0.467. The van der Waals surface area contributed by atoms with Gasteiger partial charge in [0.25, 0.3) is 5.60 Å². The summed E-state index contributed by atoms with van der Waals surface area (Å²) < 4.78 is 17.6. The predicted octanol–water partition coefficient (Wildman–Crippen LogP) is 1.67. The van der Waals surface area contributed by atoms with E-state index in [9.17, 15) is 24.6 Å². The van der Waals surface area contributed by atoms with Gasteiger partial charge in [-0.1, -0.05) is 35.0 Å². The number of aliphatic hydroxyl groups excluding tert-OH is 1. The zero-order chi connectivity index (χ0) is 23.1. The number of hydrogen-bond acceptors (Lipinski definition) is 8. The molecule has 2 aliphatic carbocycles. The van der Waals surface area contributed by atoms with Crippen LogP contribution in [0.2, 0.25) is 0 Å². The van der Waals surface area contributed by atoms with Crippen LogP contribution >= 0.6 is 15.9 Å². The largest absolute Gasteiger partial charge is 0.462 e. The van der Waals surface area contributed by atoms with Gasteiger partial charge in [0.05, 0.1) is 17.4 Å². The maximum absolute atomic E-state index is 13.2. The summed E-state index contributed by atoms with van der Waals surface area (Å²) >= 11 is 3.36. The number of carbonyl (C=O) groups excluding carboxylic acids is 3. The maximum Gasteiger partial charge on any atom is 0.355 e. The van der Waals surface area contributed by atoms with Gasteiger partial charge < -0.3 is 24.4 Å². The first-order valence-corrected chi connectivity index (χ1v) is 11.6. The predicted molar refractivity (Wildman–Crippen MR) is 112 cm³/mol. The fourth-order valence-electron chi connectivity index (χ4n) is 6.89. The topological polar surface area (TPSA) is 119 Å². The molecule has 0 amide bonds. The first-order chi connectivity index (χ1) is 15.0. The zero-order valence-corrected chi connectivity index (χ0v) is 19.4. The van der Waals surface area contributed by atoms with E-state index in [1.54, 1.807) is 25.1 Å². The van der Waals surface area contributed by atoms with Gasteiger partial charge in [-0.3, -0.25) is 4.79 Å². The van der Waals surface area contributed by atoms with Gasteiger partial charge in [-0.2, -0.15) is 0 Å². The monoisotopic (exact) mass is 508 g/mol. The molecule has 1 aromatic carbocycles. The molecule has 2 aliphatic heterocycles. The van der Waals surface area contributed by atoms with Crippen LogP contribution in [-0.2, 0) is 35.0 Å². The van der Waals surface area contributed by atoms with Gasteiger partial charge in [0.2, 0.25) is 0 Å². The minimum Gasteiger partial charge on any atom is -0.462 e. The molecule has 8 nitrogen and oxygen atoms in total. The van der Waals surface area contributed by atoms with Crippen molar-refractivity contribution in [2.24, 2.45) is 16.7 Å². The average Bonchev–Trinajstić information content (AvgIpc) is 3.15. The molecule has 1 spiro atoms. The van der Waals surface area contributed by atoms with Gasteiger partial charge >= 0.3 is 17.9 Å². The summed E-state index contributed by atoms with van der Waals surface area (Å²) in [5, 5.41) is 23.0. The van der Waals surface area contributed by atoms with E-state index in [4.69, 9.17) is 14.2 Å². The molecular weight excluding hydrogens is 484 g/mol. The number of hydrogen-bond donors (Lipinski definition) is 2. The Hall–Kier alpha value is -1.97. The van der Waals surface area contributed by atoms with Gasteiger partial charge in [0.1, 0.15) is 6.61 Å². The Morgan fingerprint density at radius 1 is 1.34 bits per heavy atom. The van der Waals surface area contributed by atoms with Crippen LogP contribution < -0.4 is 0 Å². The molecular formula is C23H25BrO8. The van der Waals surface area contributed by atoms with E-state index in [0.717, 1.165) is 4.47 Å². The smallest absolute Gasteiger partial charge is 0.355 e. The number of cyclic esters (lactones) is 1. The standard InChI is InChI=1S/C23H25BrO8/c1-12-6-7-22(29)20(2)11-30-19(28)23(20,15-10-21(12,22)17(26)18(27)31-15)32-16(25)9-13-4-3-5-14(24)8-13/h3-5,8,12,15,17,26,29H,6-7,9-11H2,1-2H3/t12-,15-,17+,20+,21+,22+,23-/m1/s1. The van der Waals surface area contributed by atoms with Crippen LogP contribution in [0.4, 0.5) is 0 Å². The minimum atomic E-state index is -1.99. The summed E-state index contributed by atoms with van der Waals surface area (Å²) in [5.41, 5.74) is -5.61. The van der Waals surface area contributed by atoms with Crippen LogP contribution in [0.25, 0.3) is 0 Å². The second-order valence-corrected chi connectivity index (χ2v) is 10.7. The molecule has 1 aromatic rings. The molecule has 2 saturated carbocycles. The number of fused-ring (bicyclic) bond motifs is 4. The molecule has 0 unspecified atom stereocenters. The number of halogens is 1. The van der Waals surface area contributed by atoms with Gasteiger partial charge in [-0.25, -0.2) is 9.59 Å². The molecule has 5 rings (SSSR count). The summed E-state index contributed by atoms with van der Waals surface area (Å²) in [7, 11) is 0. The highest BCUT2D eigenvalue weighted by atomic mass is 79.9. The highest BCUT2D eigenvalue weighted by Crippen LogP contribution is 2.72. The van der Waals surface area contributed by atoms with Crippen molar-refractivity contribution in [3.05, 3.63) is 34.3 Å². The lowest BCUT2D eigenvalue weighted by molar-refractivity contribution is -0.322. The van der Waals surface area contributed by atoms with Gasteiger partial charge in [0.15, 0.2) is 12.2 Å². The van der Waals surface area contributed by atoms with Crippen molar-refractivity contribution in [2.45, 2.75) is 62.9 Å². The molecule has 7 atom stereocenters. The van der Waals surface area contributed by atoms with E-state index in [-0.39, 0.29) is 31.8 Å². The summed E-state index contributed by atoms with van der Waals surface area (Å²) in [4.78, 5) is 39.0. The summed E-state index contributed by atoms with van der Waals surface area (Å²) in [6, 6.07) is 7.12. The Bertz CT molecular complexity index is 1030. The molecule has 4 fully saturated rings. The van der Waals surface area contributed by atoms with E-state index in [0.29, 0.717) is 12.0 Å². The number of benzene rings is 1. The Kier molecular flexibility index (Phi) is 4.63. The molecule has 0 radical (unpaired) electrons. The first-order valence-electron chi connectivity index (χ1n) is 10.8. The van der Waals surface area contributed by atoms with Crippen molar-refractivity contribution in [2.75, 3.05) is 6.61 Å². The van der Waals surface area contributed by atoms with Crippen LogP contribution in [0, 0.1) is 16.7 Å². The van der Waals surface area contributed by atoms with Crippen molar-refractivity contribution < 1.29 is 38.8 Å². The Labute approximate surface area is 193 Å². The van der Waals surface area contributed by atoms with Gasteiger partial charge in [-0.15, -0.1) is 0 Å². The number of carbonyl (C=O) groups is 3. The SMILES string of the molecule is C[C@@H]1CC[C@@]2(O)[C@@]13C[C@@H](OC(=O)[C@@H]3O)[C@@]1(OC(=O)Cc3cccc(Br)c3)C(=O)OC[C@@]21C. The zero-order valence-electron chi connectivity index (χ0n) is 17.8. The molecule has 2 saturated heterocycles. The summed E-state index contributed by atoms with van der Waals surface area (Å²) in [6.45, 7) is 3.31. The Morgan fingerprint density at radius 3 is 2.81 bits per heavy atom. The Morgan fingerprint density at radius 2 is 2.09 bits per heavy atom. The highest BCUT2D eigenvalue weighted by Gasteiger charge is 2.87. The normalized spacial score (nSPS) is 44.3. The van der Waals surface area contributed by atoms with Crippen LogP contribution in [-0.4, -0.2) is 58.1 Å². The van der Waals surface area contributed by atoms with Crippen molar-refractivity contribution in [3.8, 4) is 0 Å². The van der Waals surface area contributed by atoms with Gasteiger partial charge in [-0.05, 0) is 43.4 Å². The third-order valence-corrected chi connectivity index (χ3v) is 9.07. The fraction of sp³-hybridized carbons (Fsp3) is 0.609. The molecule has 0 aromatic heterocycles. The molecule has 2 heterocycles. The van der Waals surface area contributed by atoms with E-state index in [1.165, 1.54) is 0 Å². The lowest BCUT2D eigenvalue weighted by Gasteiger charge is -2.64.